The highest BCUT2D eigenvalue weighted by Crippen LogP contribution is 2.35. The molecule has 0 heterocycles. The number of aryl methyl sites for hydroxylation is 1. The second-order valence-corrected chi connectivity index (χ2v) is 8.35. The van der Waals surface area contributed by atoms with E-state index in [1.165, 1.54) is 38.5 Å². The van der Waals surface area contributed by atoms with Crippen LogP contribution in [0.1, 0.15) is 22.8 Å². The van der Waals surface area contributed by atoms with Crippen LogP contribution >= 0.6 is 0 Å². The molecule has 1 N–H and O–H groups in total. The lowest BCUT2D eigenvalue weighted by Crippen LogP contribution is -2.18. The molecule has 10 heteroatoms. The fourth-order valence-electron chi connectivity index (χ4n) is 2.64. The minimum absolute atomic E-state index is 0.00551. The minimum atomic E-state index is -3.98. The summed E-state index contributed by atoms with van der Waals surface area (Å²) in [7, 11) is -0.909. The maximum Gasteiger partial charge on any atom is 0.340 e. The molecule has 0 saturated carbocycles. The zero-order chi connectivity index (χ0) is 23.6. The molecule has 32 heavy (non-hydrogen) atoms. The summed E-state index contributed by atoms with van der Waals surface area (Å²) in [5.74, 6) is -0.207. The lowest BCUT2D eigenvalue weighted by Gasteiger charge is -2.18. The van der Waals surface area contributed by atoms with Crippen LogP contribution in [0.25, 0.3) is 0 Å². The van der Waals surface area contributed by atoms with Crippen LogP contribution in [0.5, 0.6) is 11.5 Å². The first-order valence-electron chi connectivity index (χ1n) is 10.0. The number of benzene rings is 2. The maximum atomic E-state index is 12.9. The average molecular weight is 468 g/mol. The van der Waals surface area contributed by atoms with Gasteiger partial charge in [0.15, 0.2) is 11.5 Å². The Hall–Kier alpha value is -2.82. The third-order valence-corrected chi connectivity index (χ3v) is 5.63. The van der Waals surface area contributed by atoms with Gasteiger partial charge in [0.25, 0.3) is 10.0 Å². The van der Waals surface area contributed by atoms with Gasteiger partial charge in [-0.15, -0.1) is 0 Å². The largest absolute Gasteiger partial charge is 0.487 e. The van der Waals surface area contributed by atoms with Gasteiger partial charge < -0.3 is 23.7 Å². The Morgan fingerprint density at radius 3 is 2.00 bits per heavy atom. The normalized spacial score (nSPS) is 11.1. The van der Waals surface area contributed by atoms with Crippen molar-refractivity contribution >= 4 is 21.7 Å². The van der Waals surface area contributed by atoms with Crippen molar-refractivity contribution in [1.29, 1.82) is 0 Å². The second kappa shape index (κ2) is 12.3. The van der Waals surface area contributed by atoms with Gasteiger partial charge in [0.2, 0.25) is 0 Å². The van der Waals surface area contributed by atoms with E-state index in [1.807, 2.05) is 6.92 Å². The van der Waals surface area contributed by atoms with E-state index >= 15 is 0 Å². The Morgan fingerprint density at radius 1 is 0.906 bits per heavy atom. The third kappa shape index (κ3) is 7.11. The fourth-order valence-corrected chi connectivity index (χ4v) is 3.71. The summed E-state index contributed by atoms with van der Waals surface area (Å²) in [5, 5.41) is 0. The number of carbonyl (C=O) groups is 1. The number of sulfonamides is 1. The quantitative estimate of drug-likeness (QED) is 0.354. The first-order valence-corrected chi connectivity index (χ1v) is 11.5. The lowest BCUT2D eigenvalue weighted by molar-refractivity contribution is 0.0527. The summed E-state index contributed by atoms with van der Waals surface area (Å²) in [6.07, 6.45) is 0. The van der Waals surface area contributed by atoms with Gasteiger partial charge in [-0.25, -0.2) is 13.2 Å². The van der Waals surface area contributed by atoms with E-state index < -0.39 is 16.0 Å². The molecule has 0 amide bonds. The molecule has 176 valence electrons. The topological polar surface area (TPSA) is 109 Å². The van der Waals surface area contributed by atoms with Crippen molar-refractivity contribution in [3.05, 3.63) is 47.5 Å². The average Bonchev–Trinajstić information content (AvgIpc) is 2.75. The van der Waals surface area contributed by atoms with E-state index in [2.05, 4.69) is 4.72 Å². The number of hydrogen-bond acceptors (Lipinski definition) is 8. The highest BCUT2D eigenvalue weighted by Gasteiger charge is 2.23. The number of nitrogens with one attached hydrogen (secondary N) is 1. The molecule has 0 saturated heterocycles. The van der Waals surface area contributed by atoms with E-state index in [9.17, 15) is 13.2 Å². The highest BCUT2D eigenvalue weighted by molar-refractivity contribution is 7.92. The van der Waals surface area contributed by atoms with Crippen LogP contribution in [-0.4, -0.2) is 61.6 Å². The fraction of sp³-hybridized carbons (Fsp3) is 0.409. The Morgan fingerprint density at radius 2 is 1.47 bits per heavy atom. The zero-order valence-corrected chi connectivity index (χ0v) is 19.5. The number of anilines is 1. The van der Waals surface area contributed by atoms with E-state index in [4.69, 9.17) is 23.7 Å². The zero-order valence-electron chi connectivity index (χ0n) is 18.7. The highest BCUT2D eigenvalue weighted by atomic mass is 32.2. The van der Waals surface area contributed by atoms with Gasteiger partial charge in [-0.2, -0.15) is 0 Å². The molecule has 2 aromatic carbocycles. The van der Waals surface area contributed by atoms with E-state index in [1.54, 1.807) is 19.1 Å². The Kier molecular flexibility index (Phi) is 9.76. The Labute approximate surface area is 188 Å². The van der Waals surface area contributed by atoms with E-state index in [0.29, 0.717) is 13.2 Å². The van der Waals surface area contributed by atoms with Gasteiger partial charge >= 0.3 is 5.97 Å². The molecule has 0 bridgehead atoms. The molecular formula is C22H29NO8S. The van der Waals surface area contributed by atoms with Gasteiger partial charge in [-0.05, 0) is 26.0 Å². The standard InChI is InChI=1S/C22H29NO8S/c1-5-29-22(24)18-14-20(30-12-10-27-3)21(31-13-11-28-4)15-19(18)23-32(25,26)17-8-6-16(2)7-9-17/h6-9,14-15,23H,5,10-13H2,1-4H3. The number of hydrogen-bond donors (Lipinski definition) is 1. The number of ether oxygens (including phenoxy) is 5. The van der Waals surface area contributed by atoms with Crippen molar-refractivity contribution in [3.63, 3.8) is 0 Å². The molecule has 2 rings (SSSR count). The number of carbonyl (C=O) groups excluding carboxylic acids is 1. The molecular weight excluding hydrogens is 438 g/mol. The molecule has 0 spiro atoms. The van der Waals surface area contributed by atoms with Gasteiger partial charge in [0, 0.05) is 26.4 Å². The van der Waals surface area contributed by atoms with Gasteiger partial charge in [0.05, 0.1) is 36.0 Å². The number of rotatable bonds is 13. The Balaban J connectivity index is 2.49. The molecule has 0 aliphatic heterocycles. The molecule has 0 aliphatic carbocycles. The minimum Gasteiger partial charge on any atom is -0.487 e. The van der Waals surface area contributed by atoms with Crippen molar-refractivity contribution < 1.29 is 36.9 Å². The van der Waals surface area contributed by atoms with E-state index in [0.717, 1.165) is 5.56 Å². The van der Waals surface area contributed by atoms with Crippen molar-refractivity contribution in [1.82, 2.24) is 0 Å². The van der Waals surface area contributed by atoms with Crippen LogP contribution in [-0.2, 0) is 24.2 Å². The van der Waals surface area contributed by atoms with Crippen molar-refractivity contribution in [2.24, 2.45) is 0 Å². The van der Waals surface area contributed by atoms with Gasteiger partial charge in [-0.3, -0.25) is 4.72 Å². The summed E-state index contributed by atoms with van der Waals surface area (Å²) in [5.41, 5.74) is 0.923. The third-order valence-electron chi connectivity index (χ3n) is 4.24. The summed E-state index contributed by atoms with van der Waals surface area (Å²) in [6.45, 7) is 4.65. The van der Waals surface area contributed by atoms with Crippen LogP contribution in [0.4, 0.5) is 5.69 Å². The van der Waals surface area contributed by atoms with Crippen LogP contribution < -0.4 is 14.2 Å². The molecule has 9 nitrogen and oxygen atoms in total. The summed E-state index contributed by atoms with van der Waals surface area (Å²) in [6, 6.07) is 9.14. The van der Waals surface area contributed by atoms with Crippen LogP contribution in [0.15, 0.2) is 41.3 Å². The first kappa shape index (κ1) is 25.4. The van der Waals surface area contributed by atoms with Crippen LogP contribution in [0.3, 0.4) is 0 Å². The molecule has 2 aromatic rings. The molecule has 0 unspecified atom stereocenters. The molecule has 0 aromatic heterocycles. The van der Waals surface area contributed by atoms with Crippen LogP contribution in [0, 0.1) is 6.92 Å². The number of methoxy groups -OCH3 is 2. The van der Waals surface area contributed by atoms with E-state index in [-0.39, 0.29) is 47.5 Å². The predicted molar refractivity (Wildman–Crippen MR) is 119 cm³/mol. The van der Waals surface area contributed by atoms with Crippen molar-refractivity contribution in [2.45, 2.75) is 18.7 Å². The summed E-state index contributed by atoms with van der Waals surface area (Å²) < 4.78 is 54.8. The van der Waals surface area contributed by atoms with Gasteiger partial charge in [0.1, 0.15) is 13.2 Å². The molecule has 0 fully saturated rings. The SMILES string of the molecule is CCOC(=O)c1cc(OCCOC)c(OCCOC)cc1NS(=O)(=O)c1ccc(C)cc1. The predicted octanol–water partition coefficient (Wildman–Crippen LogP) is 3.02. The lowest BCUT2D eigenvalue weighted by atomic mass is 10.1. The first-order chi connectivity index (χ1) is 15.3. The molecule has 0 atom stereocenters. The summed E-state index contributed by atoms with van der Waals surface area (Å²) >= 11 is 0. The Bertz CT molecular complexity index is 990. The molecule has 0 aliphatic rings. The monoisotopic (exact) mass is 467 g/mol. The maximum absolute atomic E-state index is 12.9. The van der Waals surface area contributed by atoms with Crippen LogP contribution in [0.2, 0.25) is 0 Å². The second-order valence-electron chi connectivity index (χ2n) is 6.67. The van der Waals surface area contributed by atoms with Crippen molar-refractivity contribution in [2.75, 3.05) is 52.0 Å². The van der Waals surface area contributed by atoms with Crippen molar-refractivity contribution in [3.8, 4) is 11.5 Å². The number of esters is 1. The molecule has 0 radical (unpaired) electrons. The smallest absolute Gasteiger partial charge is 0.340 e. The summed E-state index contributed by atoms with van der Waals surface area (Å²) in [4.78, 5) is 12.6. The van der Waals surface area contributed by atoms with Gasteiger partial charge in [-0.1, -0.05) is 17.7 Å².